The van der Waals surface area contributed by atoms with Gasteiger partial charge in [0.2, 0.25) is 0 Å². The smallest absolute Gasteiger partial charge is 0.130 e. The molecule has 2 N–H and O–H groups in total. The van der Waals surface area contributed by atoms with E-state index in [1.165, 1.54) is 0 Å². The molecule has 2 aromatic rings. The lowest BCUT2D eigenvalue weighted by Gasteiger charge is -2.08. The highest BCUT2D eigenvalue weighted by molar-refractivity contribution is 5.40. The fourth-order valence-electron chi connectivity index (χ4n) is 1.87. The third-order valence-electron chi connectivity index (χ3n) is 2.77. The fraction of sp³-hybridized carbons (Fsp3) is 0.235. The lowest BCUT2D eigenvalue weighted by atomic mass is 10.2. The molecule has 0 aliphatic carbocycles. The van der Waals surface area contributed by atoms with Gasteiger partial charge < -0.3 is 15.2 Å². The molecule has 0 saturated carbocycles. The molecule has 1 aromatic carbocycles. The lowest BCUT2D eigenvalue weighted by Crippen LogP contribution is -2.00. The first-order valence-corrected chi connectivity index (χ1v) is 6.64. The maximum atomic E-state index is 5.75. The second-order valence-electron chi connectivity index (χ2n) is 4.46. The van der Waals surface area contributed by atoms with Crippen molar-refractivity contribution < 1.29 is 9.47 Å². The standard InChI is InChI=1S/C17H18N2O2/c1-13-9-17(20-2)11-15(19-13)12-21-16-7-3-5-14(10-16)6-4-8-18/h3,5,7,9-11H,8,12,18H2,1-2H3. The summed E-state index contributed by atoms with van der Waals surface area (Å²) in [6.45, 7) is 2.65. The van der Waals surface area contributed by atoms with E-state index in [4.69, 9.17) is 15.2 Å². The Balaban J connectivity index is 2.07. The Bertz CT molecular complexity index is 672. The maximum absolute atomic E-state index is 5.75. The number of nitrogens with two attached hydrogens (primary N) is 1. The van der Waals surface area contributed by atoms with E-state index in [-0.39, 0.29) is 0 Å². The molecule has 2 rings (SSSR count). The van der Waals surface area contributed by atoms with Crippen molar-refractivity contribution in [1.29, 1.82) is 0 Å². The lowest BCUT2D eigenvalue weighted by molar-refractivity contribution is 0.299. The third-order valence-corrected chi connectivity index (χ3v) is 2.77. The summed E-state index contributed by atoms with van der Waals surface area (Å²) in [6.07, 6.45) is 0. The van der Waals surface area contributed by atoms with E-state index in [1.54, 1.807) is 7.11 Å². The van der Waals surface area contributed by atoms with Gasteiger partial charge in [-0.05, 0) is 25.1 Å². The summed E-state index contributed by atoms with van der Waals surface area (Å²) in [4.78, 5) is 4.42. The average molecular weight is 282 g/mol. The van der Waals surface area contributed by atoms with Crippen molar-refractivity contribution in [3.63, 3.8) is 0 Å². The van der Waals surface area contributed by atoms with Gasteiger partial charge in [-0.15, -0.1) is 0 Å². The molecule has 0 saturated heterocycles. The molecule has 0 fully saturated rings. The van der Waals surface area contributed by atoms with Gasteiger partial charge in [-0.2, -0.15) is 0 Å². The van der Waals surface area contributed by atoms with Gasteiger partial charge in [0.05, 0.1) is 19.3 Å². The topological polar surface area (TPSA) is 57.4 Å². The van der Waals surface area contributed by atoms with Crippen molar-refractivity contribution in [2.24, 2.45) is 5.73 Å². The van der Waals surface area contributed by atoms with Crippen LogP contribution in [0.15, 0.2) is 36.4 Å². The molecule has 1 aromatic heterocycles. The number of ether oxygens (including phenoxy) is 2. The highest BCUT2D eigenvalue weighted by atomic mass is 16.5. The summed E-state index contributed by atoms with van der Waals surface area (Å²) >= 11 is 0. The number of aromatic nitrogens is 1. The number of hydrogen-bond donors (Lipinski definition) is 1. The van der Waals surface area contributed by atoms with Crippen molar-refractivity contribution in [3.05, 3.63) is 53.3 Å². The van der Waals surface area contributed by atoms with E-state index in [2.05, 4.69) is 16.8 Å². The first-order chi connectivity index (χ1) is 10.2. The molecular weight excluding hydrogens is 264 g/mol. The van der Waals surface area contributed by atoms with Crippen LogP contribution in [0.3, 0.4) is 0 Å². The van der Waals surface area contributed by atoms with Crippen molar-refractivity contribution in [2.45, 2.75) is 13.5 Å². The van der Waals surface area contributed by atoms with Gasteiger partial charge in [0.1, 0.15) is 18.1 Å². The minimum atomic E-state index is 0.345. The van der Waals surface area contributed by atoms with E-state index < -0.39 is 0 Å². The van der Waals surface area contributed by atoms with Crippen LogP contribution in [-0.4, -0.2) is 18.6 Å². The van der Waals surface area contributed by atoms with E-state index in [9.17, 15) is 0 Å². The van der Waals surface area contributed by atoms with Crippen LogP contribution in [0.5, 0.6) is 11.5 Å². The Morgan fingerprint density at radius 1 is 1.19 bits per heavy atom. The number of nitrogens with zero attached hydrogens (tertiary/aromatic N) is 1. The second-order valence-corrected chi connectivity index (χ2v) is 4.46. The number of benzene rings is 1. The molecular formula is C17H18N2O2. The van der Waals surface area contributed by atoms with Crippen LogP contribution < -0.4 is 15.2 Å². The molecule has 0 spiro atoms. The highest BCUT2D eigenvalue weighted by Gasteiger charge is 2.02. The normalized spacial score (nSPS) is 9.67. The van der Waals surface area contributed by atoms with Crippen LogP contribution in [0.4, 0.5) is 0 Å². The van der Waals surface area contributed by atoms with Gasteiger partial charge in [-0.25, -0.2) is 0 Å². The summed E-state index contributed by atoms with van der Waals surface area (Å²) < 4.78 is 11.0. The Morgan fingerprint density at radius 2 is 2.05 bits per heavy atom. The number of methoxy groups -OCH3 is 1. The van der Waals surface area contributed by atoms with Gasteiger partial charge in [-0.3, -0.25) is 4.98 Å². The van der Waals surface area contributed by atoms with Crippen LogP contribution in [0.1, 0.15) is 17.0 Å². The zero-order chi connectivity index (χ0) is 15.1. The first-order valence-electron chi connectivity index (χ1n) is 6.64. The summed E-state index contributed by atoms with van der Waals surface area (Å²) in [5.74, 6) is 7.33. The number of pyridine rings is 1. The molecule has 0 radical (unpaired) electrons. The number of rotatable bonds is 4. The molecule has 0 amide bonds. The Hall–Kier alpha value is -2.51. The molecule has 0 unspecified atom stereocenters. The predicted octanol–water partition coefficient (Wildman–Crippen LogP) is 2.29. The van der Waals surface area contributed by atoms with Crippen molar-refractivity contribution >= 4 is 0 Å². The van der Waals surface area contributed by atoms with Crippen LogP contribution in [-0.2, 0) is 6.61 Å². The molecule has 4 nitrogen and oxygen atoms in total. The first kappa shape index (κ1) is 14.9. The molecule has 1 heterocycles. The summed E-state index contributed by atoms with van der Waals surface area (Å²) in [5, 5.41) is 0. The number of aryl methyl sites for hydroxylation is 1. The van der Waals surface area contributed by atoms with Crippen molar-refractivity contribution in [1.82, 2.24) is 4.98 Å². The van der Waals surface area contributed by atoms with Crippen LogP contribution in [0.2, 0.25) is 0 Å². The maximum Gasteiger partial charge on any atom is 0.130 e. The van der Waals surface area contributed by atoms with Gasteiger partial charge >= 0.3 is 0 Å². The molecule has 4 heteroatoms. The second kappa shape index (κ2) is 7.32. The molecule has 21 heavy (non-hydrogen) atoms. The summed E-state index contributed by atoms with van der Waals surface area (Å²) in [5.41, 5.74) is 7.97. The van der Waals surface area contributed by atoms with Crippen LogP contribution in [0, 0.1) is 18.8 Å². The van der Waals surface area contributed by atoms with Crippen LogP contribution in [0.25, 0.3) is 0 Å². The quantitative estimate of drug-likeness (QED) is 0.874. The minimum absolute atomic E-state index is 0.345. The SMILES string of the molecule is COc1cc(C)nc(COc2cccc(C#CCN)c2)c1. The molecule has 0 atom stereocenters. The highest BCUT2D eigenvalue weighted by Crippen LogP contribution is 2.17. The van der Waals surface area contributed by atoms with Gasteiger partial charge in [-0.1, -0.05) is 17.9 Å². The van der Waals surface area contributed by atoms with Gasteiger partial charge in [0.25, 0.3) is 0 Å². The predicted molar refractivity (Wildman–Crippen MR) is 82.2 cm³/mol. The largest absolute Gasteiger partial charge is 0.497 e. The Kier molecular flexibility index (Phi) is 5.19. The van der Waals surface area contributed by atoms with E-state index in [0.29, 0.717) is 13.2 Å². The number of hydrogen-bond acceptors (Lipinski definition) is 4. The Morgan fingerprint density at radius 3 is 2.81 bits per heavy atom. The summed E-state index contributed by atoms with van der Waals surface area (Å²) in [7, 11) is 1.64. The average Bonchev–Trinajstić information content (AvgIpc) is 2.51. The molecule has 108 valence electrons. The molecule has 0 bridgehead atoms. The van der Waals surface area contributed by atoms with Gasteiger partial charge in [0.15, 0.2) is 0 Å². The van der Waals surface area contributed by atoms with E-state index in [1.807, 2.05) is 43.3 Å². The zero-order valence-corrected chi connectivity index (χ0v) is 12.2. The molecule has 0 aliphatic heterocycles. The molecule has 0 aliphatic rings. The monoisotopic (exact) mass is 282 g/mol. The van der Waals surface area contributed by atoms with Gasteiger partial charge in [0, 0.05) is 23.4 Å². The Labute approximate surface area is 124 Å². The van der Waals surface area contributed by atoms with Crippen molar-refractivity contribution in [3.8, 4) is 23.3 Å². The zero-order valence-electron chi connectivity index (χ0n) is 12.2. The summed E-state index contributed by atoms with van der Waals surface area (Å²) in [6, 6.07) is 11.3. The van der Waals surface area contributed by atoms with Crippen molar-refractivity contribution in [2.75, 3.05) is 13.7 Å². The van der Waals surface area contributed by atoms with Crippen LogP contribution >= 0.6 is 0 Å². The third kappa shape index (κ3) is 4.51. The van der Waals surface area contributed by atoms with E-state index in [0.717, 1.165) is 28.5 Å². The van der Waals surface area contributed by atoms with E-state index >= 15 is 0 Å². The minimum Gasteiger partial charge on any atom is -0.497 e. The fourth-order valence-corrected chi connectivity index (χ4v) is 1.87.